The van der Waals surface area contributed by atoms with Crippen LogP contribution in [0.3, 0.4) is 0 Å². The molecule has 2 aromatic carbocycles. The van der Waals surface area contributed by atoms with Crippen LogP contribution in [0.1, 0.15) is 12.5 Å². The fourth-order valence-electron chi connectivity index (χ4n) is 1.59. The van der Waals surface area contributed by atoms with Crippen LogP contribution in [0, 0.1) is 0 Å². The molecule has 0 unspecified atom stereocenters. The van der Waals surface area contributed by atoms with E-state index in [1.807, 2.05) is 0 Å². The van der Waals surface area contributed by atoms with Crippen LogP contribution >= 0.6 is 11.6 Å². The lowest BCUT2D eigenvalue weighted by molar-refractivity contribution is -0.142. The zero-order chi connectivity index (χ0) is 14.5. The minimum Gasteiger partial charge on any atom is -0.461 e. The second-order valence-electron chi connectivity index (χ2n) is 4.20. The standard InChI is InChI=1S/C15H12BClO3/c1-10(18)19-9-11-8-14(6-7-15(11)16)20-13-4-2-12(17)3-5-13/h2-8H,9H2,1H3. The Morgan fingerprint density at radius 2 is 1.80 bits per heavy atom. The summed E-state index contributed by atoms with van der Waals surface area (Å²) < 4.78 is 10.6. The van der Waals surface area contributed by atoms with Gasteiger partial charge in [0.15, 0.2) is 0 Å². The molecular formula is C15H12BClO3. The van der Waals surface area contributed by atoms with Gasteiger partial charge in [-0.05, 0) is 42.0 Å². The highest BCUT2D eigenvalue weighted by Crippen LogP contribution is 2.23. The molecule has 20 heavy (non-hydrogen) atoms. The van der Waals surface area contributed by atoms with Crippen LogP contribution in [-0.2, 0) is 16.1 Å². The summed E-state index contributed by atoms with van der Waals surface area (Å²) in [6, 6.07) is 12.2. The number of hydrogen-bond donors (Lipinski definition) is 0. The lowest BCUT2D eigenvalue weighted by Crippen LogP contribution is -2.12. The van der Waals surface area contributed by atoms with Crippen molar-refractivity contribution in [2.75, 3.05) is 0 Å². The minimum absolute atomic E-state index is 0.124. The molecule has 0 amide bonds. The molecule has 2 aromatic rings. The third-order valence-corrected chi connectivity index (χ3v) is 2.85. The van der Waals surface area contributed by atoms with Crippen LogP contribution in [-0.4, -0.2) is 13.8 Å². The van der Waals surface area contributed by atoms with Crippen molar-refractivity contribution in [1.29, 1.82) is 0 Å². The fraction of sp³-hybridized carbons (Fsp3) is 0.133. The average molecular weight is 287 g/mol. The Kier molecular flexibility index (Phi) is 4.69. The van der Waals surface area contributed by atoms with Gasteiger partial charge >= 0.3 is 5.97 Å². The molecule has 0 aliphatic carbocycles. The van der Waals surface area contributed by atoms with Crippen molar-refractivity contribution < 1.29 is 14.3 Å². The number of carbonyl (C=O) groups excluding carboxylic acids is 1. The van der Waals surface area contributed by atoms with Gasteiger partial charge in [0.05, 0.1) is 0 Å². The lowest BCUT2D eigenvalue weighted by Gasteiger charge is -2.10. The highest BCUT2D eigenvalue weighted by molar-refractivity contribution is 6.33. The molecule has 0 aromatic heterocycles. The first-order valence-corrected chi connectivity index (χ1v) is 6.37. The molecule has 0 aliphatic heterocycles. The number of carbonyl (C=O) groups is 1. The lowest BCUT2D eigenvalue weighted by atomic mass is 9.91. The Morgan fingerprint density at radius 3 is 2.45 bits per heavy atom. The van der Waals surface area contributed by atoms with Crippen LogP contribution in [0.15, 0.2) is 42.5 Å². The van der Waals surface area contributed by atoms with E-state index in [4.69, 9.17) is 28.9 Å². The molecule has 5 heteroatoms. The highest BCUT2D eigenvalue weighted by Gasteiger charge is 2.04. The predicted octanol–water partition coefficient (Wildman–Crippen LogP) is 2.99. The second-order valence-corrected chi connectivity index (χ2v) is 4.63. The summed E-state index contributed by atoms with van der Waals surface area (Å²) in [6.07, 6.45) is 0. The molecule has 0 heterocycles. The topological polar surface area (TPSA) is 35.5 Å². The SMILES string of the molecule is [B]c1ccc(Oc2ccc(Cl)cc2)cc1COC(C)=O. The quantitative estimate of drug-likeness (QED) is 0.640. The van der Waals surface area contributed by atoms with Crippen molar-refractivity contribution >= 4 is 30.9 Å². The van der Waals surface area contributed by atoms with E-state index in [2.05, 4.69) is 0 Å². The molecule has 2 radical (unpaired) electrons. The maximum absolute atomic E-state index is 10.8. The predicted molar refractivity (Wildman–Crippen MR) is 78.8 cm³/mol. The molecule has 100 valence electrons. The molecule has 3 nitrogen and oxygen atoms in total. The van der Waals surface area contributed by atoms with Crippen LogP contribution in [0.5, 0.6) is 11.5 Å². The zero-order valence-corrected chi connectivity index (χ0v) is 11.7. The van der Waals surface area contributed by atoms with Crippen LogP contribution in [0.25, 0.3) is 0 Å². The molecule has 0 spiro atoms. The molecule has 0 aliphatic rings. The number of ether oxygens (including phenoxy) is 2. The number of hydrogen-bond acceptors (Lipinski definition) is 3. The van der Waals surface area contributed by atoms with Crippen molar-refractivity contribution in [3.8, 4) is 11.5 Å². The summed E-state index contributed by atoms with van der Waals surface area (Å²) in [4.78, 5) is 10.8. The van der Waals surface area contributed by atoms with Crippen LogP contribution in [0.2, 0.25) is 5.02 Å². The largest absolute Gasteiger partial charge is 0.461 e. The van der Waals surface area contributed by atoms with Crippen molar-refractivity contribution in [3.05, 3.63) is 53.1 Å². The van der Waals surface area contributed by atoms with E-state index in [1.165, 1.54) is 6.92 Å². The Morgan fingerprint density at radius 1 is 1.15 bits per heavy atom. The first-order valence-electron chi connectivity index (χ1n) is 6.00. The van der Waals surface area contributed by atoms with Crippen molar-refractivity contribution in [3.63, 3.8) is 0 Å². The van der Waals surface area contributed by atoms with Gasteiger partial charge in [0.2, 0.25) is 0 Å². The summed E-state index contributed by atoms with van der Waals surface area (Å²) in [5.41, 5.74) is 1.25. The summed E-state index contributed by atoms with van der Waals surface area (Å²) in [5.74, 6) is 0.926. The second kappa shape index (κ2) is 6.48. The van der Waals surface area contributed by atoms with E-state index >= 15 is 0 Å². The Bertz CT molecular complexity index is 611. The molecule has 0 saturated heterocycles. The Labute approximate surface area is 123 Å². The maximum atomic E-state index is 10.8. The normalized spacial score (nSPS) is 10.1. The first-order chi connectivity index (χ1) is 9.54. The maximum Gasteiger partial charge on any atom is 0.302 e. The number of esters is 1. The number of rotatable bonds is 4. The third-order valence-electron chi connectivity index (χ3n) is 2.59. The van der Waals surface area contributed by atoms with Crippen molar-refractivity contribution in [2.24, 2.45) is 0 Å². The first kappa shape index (κ1) is 14.5. The van der Waals surface area contributed by atoms with Gasteiger partial charge in [0.25, 0.3) is 0 Å². The van der Waals surface area contributed by atoms with Gasteiger partial charge in [-0.15, -0.1) is 0 Å². The Hall–Kier alpha value is -1.94. The molecule has 0 bridgehead atoms. The summed E-state index contributed by atoms with van der Waals surface area (Å²) in [5, 5.41) is 0.644. The molecule has 0 saturated carbocycles. The molecule has 0 atom stereocenters. The van der Waals surface area contributed by atoms with Gasteiger partial charge < -0.3 is 9.47 Å². The monoisotopic (exact) mass is 286 g/mol. The zero-order valence-electron chi connectivity index (χ0n) is 10.9. The van der Waals surface area contributed by atoms with E-state index in [-0.39, 0.29) is 12.6 Å². The van der Waals surface area contributed by atoms with Gasteiger partial charge in [-0.25, -0.2) is 0 Å². The Balaban J connectivity index is 2.14. The third kappa shape index (κ3) is 4.03. The summed E-state index contributed by atoms with van der Waals surface area (Å²) in [7, 11) is 5.82. The van der Waals surface area contributed by atoms with Gasteiger partial charge in [0.1, 0.15) is 26.0 Å². The van der Waals surface area contributed by atoms with Crippen LogP contribution < -0.4 is 10.2 Å². The molecule has 0 fully saturated rings. The van der Waals surface area contributed by atoms with E-state index in [1.54, 1.807) is 42.5 Å². The van der Waals surface area contributed by atoms with Crippen LogP contribution in [0.4, 0.5) is 0 Å². The highest BCUT2D eigenvalue weighted by atomic mass is 35.5. The molecular weight excluding hydrogens is 274 g/mol. The fourth-order valence-corrected chi connectivity index (χ4v) is 1.71. The smallest absolute Gasteiger partial charge is 0.302 e. The van der Waals surface area contributed by atoms with Crippen molar-refractivity contribution in [1.82, 2.24) is 0 Å². The number of halogens is 1. The van der Waals surface area contributed by atoms with Crippen molar-refractivity contribution in [2.45, 2.75) is 13.5 Å². The van der Waals surface area contributed by atoms with E-state index in [9.17, 15) is 4.79 Å². The van der Waals surface area contributed by atoms with E-state index in [0.29, 0.717) is 27.5 Å². The van der Waals surface area contributed by atoms with E-state index < -0.39 is 0 Å². The number of benzene rings is 2. The van der Waals surface area contributed by atoms with Gasteiger partial charge in [-0.3, -0.25) is 4.79 Å². The molecule has 2 rings (SSSR count). The van der Waals surface area contributed by atoms with Gasteiger partial charge in [-0.1, -0.05) is 23.1 Å². The minimum atomic E-state index is -0.353. The average Bonchev–Trinajstić information content (AvgIpc) is 2.42. The molecule has 0 N–H and O–H groups in total. The summed E-state index contributed by atoms with van der Waals surface area (Å²) in [6.45, 7) is 1.48. The van der Waals surface area contributed by atoms with Gasteiger partial charge in [0, 0.05) is 11.9 Å². The summed E-state index contributed by atoms with van der Waals surface area (Å²) >= 11 is 5.81. The van der Waals surface area contributed by atoms with Gasteiger partial charge in [-0.2, -0.15) is 0 Å². The van der Waals surface area contributed by atoms with E-state index in [0.717, 1.165) is 0 Å².